The minimum absolute atomic E-state index is 0.106. The van der Waals surface area contributed by atoms with Crippen molar-refractivity contribution >= 4 is 5.97 Å². The summed E-state index contributed by atoms with van der Waals surface area (Å²) in [6.45, 7) is 3.46. The average molecular weight is 604 g/mol. The number of methoxy groups -OCH3 is 4. The minimum atomic E-state index is -1.86. The van der Waals surface area contributed by atoms with Crippen LogP contribution in [0, 0.1) is 34.5 Å². The summed E-state index contributed by atoms with van der Waals surface area (Å²) in [5, 5.41) is 49.7. The molecule has 7 bridgehead atoms. The molecule has 4 N–H and O–H groups in total. The molecule has 1 aromatic carbocycles. The Hall–Kier alpha value is -1.67. The van der Waals surface area contributed by atoms with Gasteiger partial charge in [-0.3, -0.25) is 4.90 Å². The molecule has 11 nitrogen and oxygen atoms in total. The largest absolute Gasteiger partial charge is 0.455 e. The molecule has 5 aliphatic carbocycles. The summed E-state index contributed by atoms with van der Waals surface area (Å²) in [4.78, 5) is 15.8. The van der Waals surface area contributed by atoms with Crippen molar-refractivity contribution in [2.75, 3.05) is 48.1 Å². The highest BCUT2D eigenvalue weighted by Crippen LogP contribution is 2.80. The van der Waals surface area contributed by atoms with Gasteiger partial charge in [0.2, 0.25) is 0 Å². The van der Waals surface area contributed by atoms with E-state index in [1.807, 2.05) is 0 Å². The number of fused-ring (bicyclic) bond motifs is 2. The van der Waals surface area contributed by atoms with E-state index < -0.39 is 82.4 Å². The Kier molecular flexibility index (Phi) is 6.92. The standard InChI is InChI=1S/C32H45NO10/c1-6-33-14-29(15-39-2)18(34)12-19(40-3)31-17-13-30(37)26(43-28(36)16-10-8-7-9-11-16)20(17)32(38,25(35)27(30)42-5)21(24(31)33)22(41-4)23(29)31/h7-11,17-27,34-35,37-38H,6,12-15H2,1-5H3/t17-,18?,19?,20+,21?,22?,23+,24?,25?,26?,27?,29+,30+,31-,32-/m0/s1. The zero-order chi connectivity index (χ0) is 30.7. The van der Waals surface area contributed by atoms with E-state index in [1.54, 1.807) is 51.7 Å². The maximum absolute atomic E-state index is 13.6. The van der Waals surface area contributed by atoms with Gasteiger partial charge in [-0.05, 0) is 31.0 Å². The van der Waals surface area contributed by atoms with Gasteiger partial charge in [0, 0.05) is 76.0 Å². The first-order valence-corrected chi connectivity index (χ1v) is 15.5. The van der Waals surface area contributed by atoms with E-state index in [0.29, 0.717) is 25.1 Å². The summed E-state index contributed by atoms with van der Waals surface area (Å²) in [6, 6.07) is 8.25. The van der Waals surface area contributed by atoms with Gasteiger partial charge in [-0.15, -0.1) is 0 Å². The van der Waals surface area contributed by atoms with Crippen LogP contribution in [0.1, 0.15) is 30.1 Å². The summed E-state index contributed by atoms with van der Waals surface area (Å²) < 4.78 is 30.5. The van der Waals surface area contributed by atoms with E-state index in [9.17, 15) is 25.2 Å². The monoisotopic (exact) mass is 603 g/mol. The zero-order valence-electron chi connectivity index (χ0n) is 25.5. The number of hydrogen-bond acceptors (Lipinski definition) is 11. The van der Waals surface area contributed by atoms with Crippen molar-refractivity contribution in [1.82, 2.24) is 4.90 Å². The molecule has 8 unspecified atom stereocenters. The lowest BCUT2D eigenvalue weighted by Crippen LogP contribution is -2.81. The van der Waals surface area contributed by atoms with E-state index in [1.165, 1.54) is 7.11 Å². The second-order valence-electron chi connectivity index (χ2n) is 13.9. The summed E-state index contributed by atoms with van der Waals surface area (Å²) in [6.07, 6.45) is -5.27. The quantitative estimate of drug-likeness (QED) is 0.300. The number of piperidine rings is 1. The van der Waals surface area contributed by atoms with Crippen molar-refractivity contribution in [3.63, 3.8) is 0 Å². The highest BCUT2D eigenvalue weighted by Gasteiger charge is 2.91. The minimum Gasteiger partial charge on any atom is -0.455 e. The maximum atomic E-state index is 13.6. The number of esters is 1. The molecule has 6 fully saturated rings. The Labute approximate surface area is 252 Å². The van der Waals surface area contributed by atoms with Gasteiger partial charge in [0.25, 0.3) is 0 Å². The van der Waals surface area contributed by atoms with E-state index in [0.717, 1.165) is 0 Å². The molecule has 15 atom stereocenters. The normalized spacial score (nSPS) is 52.7. The molecule has 1 spiro atoms. The molecule has 6 aliphatic rings. The Balaban J connectivity index is 1.48. The number of benzene rings is 1. The summed E-state index contributed by atoms with van der Waals surface area (Å²) in [7, 11) is 6.29. The number of ether oxygens (including phenoxy) is 5. The van der Waals surface area contributed by atoms with Crippen LogP contribution in [-0.2, 0) is 23.7 Å². The maximum Gasteiger partial charge on any atom is 0.338 e. The first kappa shape index (κ1) is 30.0. The van der Waals surface area contributed by atoms with Crippen molar-refractivity contribution in [3.05, 3.63) is 35.9 Å². The van der Waals surface area contributed by atoms with E-state index in [-0.39, 0.29) is 25.0 Å². The van der Waals surface area contributed by atoms with Crippen LogP contribution in [0.3, 0.4) is 0 Å². The second-order valence-corrected chi connectivity index (χ2v) is 13.9. The van der Waals surface area contributed by atoms with Gasteiger partial charge in [0.1, 0.15) is 29.5 Å². The Morgan fingerprint density at radius 3 is 2.33 bits per heavy atom. The molecule has 1 aromatic rings. The Bertz CT molecular complexity index is 1250. The fourth-order valence-corrected chi connectivity index (χ4v) is 11.9. The summed E-state index contributed by atoms with van der Waals surface area (Å²) in [5.74, 6) is -2.94. The smallest absolute Gasteiger partial charge is 0.338 e. The number of carbonyl (C=O) groups is 1. The third-order valence-electron chi connectivity index (χ3n) is 12.9. The highest BCUT2D eigenvalue weighted by atomic mass is 16.6. The van der Waals surface area contributed by atoms with Crippen LogP contribution in [0.15, 0.2) is 30.3 Å². The topological polar surface area (TPSA) is 147 Å². The first-order chi connectivity index (χ1) is 20.6. The fraction of sp³-hybridized carbons (Fsp3) is 0.781. The average Bonchev–Trinajstić information content (AvgIpc) is 3.39. The van der Waals surface area contributed by atoms with Gasteiger partial charge in [0.05, 0.1) is 30.5 Å². The fourth-order valence-electron chi connectivity index (χ4n) is 11.9. The predicted octanol–water partition coefficient (Wildman–Crippen LogP) is 0.0773. The van der Waals surface area contributed by atoms with Crippen LogP contribution >= 0.6 is 0 Å². The van der Waals surface area contributed by atoms with Crippen molar-refractivity contribution in [2.24, 2.45) is 34.5 Å². The van der Waals surface area contributed by atoms with Crippen LogP contribution < -0.4 is 0 Å². The van der Waals surface area contributed by atoms with Gasteiger partial charge in [-0.2, -0.15) is 0 Å². The molecule has 238 valence electrons. The molecule has 7 rings (SSSR count). The van der Waals surface area contributed by atoms with Gasteiger partial charge in [0.15, 0.2) is 0 Å². The third-order valence-corrected chi connectivity index (χ3v) is 12.9. The van der Waals surface area contributed by atoms with E-state index >= 15 is 0 Å². The molecule has 11 heteroatoms. The van der Waals surface area contributed by atoms with Crippen LogP contribution in [0.2, 0.25) is 0 Å². The van der Waals surface area contributed by atoms with E-state index in [2.05, 4.69) is 11.8 Å². The molecule has 1 saturated heterocycles. The first-order valence-electron chi connectivity index (χ1n) is 15.5. The van der Waals surface area contributed by atoms with Crippen LogP contribution in [0.25, 0.3) is 0 Å². The number of aliphatic hydroxyl groups excluding tert-OH is 2. The van der Waals surface area contributed by atoms with Gasteiger partial charge < -0.3 is 44.1 Å². The predicted molar refractivity (Wildman–Crippen MR) is 151 cm³/mol. The number of carbonyl (C=O) groups excluding carboxylic acids is 1. The lowest BCUT2D eigenvalue weighted by atomic mass is 9.42. The molecule has 1 heterocycles. The van der Waals surface area contributed by atoms with Crippen LogP contribution in [0.5, 0.6) is 0 Å². The SMILES string of the molecule is CCN1C[C@@]2(COC)C(O)CC(OC)[C@]34C1C(C(OC)[C@H]23)[C@]1(O)C(O)C(OC)[C@@]2(O)C[C@H]4[C@@H]1C2OC(=O)c1ccccc1. The third kappa shape index (κ3) is 3.28. The molecular weight excluding hydrogens is 558 g/mol. The summed E-state index contributed by atoms with van der Waals surface area (Å²) in [5.41, 5.74) is -4.81. The van der Waals surface area contributed by atoms with Gasteiger partial charge in [-0.25, -0.2) is 4.79 Å². The number of likely N-dealkylation sites (tertiary alicyclic amines) is 1. The molecular formula is C32H45NO10. The molecule has 5 saturated carbocycles. The molecule has 0 aromatic heterocycles. The van der Waals surface area contributed by atoms with Crippen molar-refractivity contribution < 1.29 is 48.9 Å². The second kappa shape index (κ2) is 9.91. The highest BCUT2D eigenvalue weighted by molar-refractivity contribution is 5.89. The van der Waals surface area contributed by atoms with Crippen molar-refractivity contribution in [3.8, 4) is 0 Å². The lowest BCUT2D eigenvalue weighted by Gasteiger charge is -2.70. The summed E-state index contributed by atoms with van der Waals surface area (Å²) >= 11 is 0. The number of hydrogen-bond donors (Lipinski definition) is 4. The van der Waals surface area contributed by atoms with Crippen LogP contribution in [-0.4, -0.2) is 133 Å². The molecule has 43 heavy (non-hydrogen) atoms. The molecule has 0 amide bonds. The van der Waals surface area contributed by atoms with E-state index in [4.69, 9.17) is 23.7 Å². The zero-order valence-corrected chi connectivity index (χ0v) is 25.5. The number of nitrogens with zero attached hydrogens (tertiary/aromatic N) is 1. The lowest BCUT2D eigenvalue weighted by molar-refractivity contribution is -0.320. The van der Waals surface area contributed by atoms with Crippen molar-refractivity contribution in [2.45, 2.75) is 73.6 Å². The molecule has 0 radical (unpaired) electrons. The van der Waals surface area contributed by atoms with Gasteiger partial charge in [-0.1, -0.05) is 25.1 Å². The Morgan fingerprint density at radius 2 is 1.72 bits per heavy atom. The van der Waals surface area contributed by atoms with Crippen molar-refractivity contribution in [1.29, 1.82) is 0 Å². The number of aliphatic hydroxyl groups is 4. The molecule has 1 aliphatic heterocycles. The van der Waals surface area contributed by atoms with Gasteiger partial charge >= 0.3 is 5.97 Å². The number of rotatable bonds is 8. The Morgan fingerprint density at radius 1 is 1.00 bits per heavy atom. The van der Waals surface area contributed by atoms with Crippen LogP contribution in [0.4, 0.5) is 0 Å².